The number of hydrogen-bond acceptors (Lipinski definition) is 9. The number of fused-ring (bicyclic) bond motifs is 1. The largest absolute Gasteiger partial charge is 0.515 e. The molecule has 0 N–H and O–H groups in total. The fourth-order valence-electron chi connectivity index (χ4n) is 6.01. The number of likely N-dealkylation sites (tertiary alicyclic amines) is 2. The molecule has 2 fully saturated rings. The topological polar surface area (TPSA) is 129 Å². The van der Waals surface area contributed by atoms with Crippen LogP contribution in [0.2, 0.25) is 0 Å². The van der Waals surface area contributed by atoms with Crippen LogP contribution in [0.15, 0.2) is 42.6 Å². The predicted octanol–water partition coefficient (Wildman–Crippen LogP) is 5.33. The molecule has 1 atom stereocenters. The Morgan fingerprint density at radius 1 is 1.06 bits per heavy atom. The summed E-state index contributed by atoms with van der Waals surface area (Å²) in [5.74, 6) is 6.60. The molecule has 0 spiro atoms. The van der Waals surface area contributed by atoms with Crippen molar-refractivity contribution in [3.63, 3.8) is 0 Å². The van der Waals surface area contributed by atoms with E-state index in [0.717, 1.165) is 48.2 Å². The van der Waals surface area contributed by atoms with Crippen LogP contribution >= 0.6 is 10.0 Å². The van der Waals surface area contributed by atoms with Gasteiger partial charge in [0.05, 0.1) is 17.0 Å². The average molecular weight is 680 g/mol. The number of carbonyl (C=O) groups is 2. The number of ether oxygens (including phenoxy) is 3. The van der Waals surface area contributed by atoms with E-state index in [1.54, 1.807) is 9.58 Å². The van der Waals surface area contributed by atoms with Crippen LogP contribution in [0.3, 0.4) is 0 Å². The number of rotatable bonds is 10. The van der Waals surface area contributed by atoms with Crippen LogP contribution in [0.1, 0.15) is 43.2 Å². The third kappa shape index (κ3) is 9.71. The Bertz CT molecular complexity index is 1660. The lowest BCUT2D eigenvalue weighted by atomic mass is 9.99. The number of aromatic nitrogens is 2. The normalized spacial score (nSPS) is 17.0. The summed E-state index contributed by atoms with van der Waals surface area (Å²) in [6.07, 6.45) is 11.5. The summed E-state index contributed by atoms with van der Waals surface area (Å²) in [5, 5.41) is 16.5. The third-order valence-electron chi connectivity index (χ3n) is 8.63. The summed E-state index contributed by atoms with van der Waals surface area (Å²) in [7, 11) is -0.638. The number of benzene rings is 2. The number of amides is 1. The maximum atomic E-state index is 13.8. The Morgan fingerprint density at radius 2 is 1.77 bits per heavy atom. The second-order valence-corrected chi connectivity index (χ2v) is 17.8. The van der Waals surface area contributed by atoms with Gasteiger partial charge < -0.3 is 24.0 Å². The van der Waals surface area contributed by atoms with Crippen molar-refractivity contribution in [2.24, 2.45) is 0 Å². The number of nitrogens with zero attached hydrogens (tertiary/aromatic N) is 5. The van der Waals surface area contributed by atoms with E-state index in [-0.39, 0.29) is 11.4 Å². The number of nitro benzene ring substituents is 1. The standard InChI is InChI=1S/C35H45N5O7S/c1-26-22-27(23-28-24-39(36-33(26)28)25-45-20-21-48(2,3)4)8-13-32(47-35(42)46-31-11-9-30(10-12-31)40(43)44)34(41)38-18-14-29(15-19-38)37-16-6-5-7-17-37/h9-12,22-24,29,32H,5-7,14-21,25H2,1-4H3. The van der Waals surface area contributed by atoms with Crippen LogP contribution in [-0.2, 0) is 21.0 Å². The van der Waals surface area contributed by atoms with Gasteiger partial charge in [0.1, 0.15) is 12.5 Å². The summed E-state index contributed by atoms with van der Waals surface area (Å²) >= 11 is 0. The number of non-ortho nitro benzene ring substituents is 1. The molecule has 258 valence electrons. The molecule has 0 aliphatic carbocycles. The van der Waals surface area contributed by atoms with Crippen molar-refractivity contribution in [3.05, 3.63) is 63.8 Å². The summed E-state index contributed by atoms with van der Waals surface area (Å²) < 4.78 is 18.4. The van der Waals surface area contributed by atoms with Gasteiger partial charge in [0.2, 0.25) is 6.10 Å². The van der Waals surface area contributed by atoms with Crippen LogP contribution in [0.5, 0.6) is 5.75 Å². The first-order valence-corrected chi connectivity index (χ1v) is 19.4. The summed E-state index contributed by atoms with van der Waals surface area (Å²) in [6.45, 7) is 6.24. The predicted molar refractivity (Wildman–Crippen MR) is 187 cm³/mol. The Labute approximate surface area is 283 Å². The second kappa shape index (κ2) is 15.9. The molecule has 2 aromatic carbocycles. The summed E-state index contributed by atoms with van der Waals surface area (Å²) in [4.78, 5) is 41.3. The van der Waals surface area contributed by atoms with E-state index in [1.807, 2.05) is 25.3 Å². The molecule has 3 aromatic rings. The molecule has 1 amide bonds. The summed E-state index contributed by atoms with van der Waals surface area (Å²) in [5.41, 5.74) is 2.24. The Morgan fingerprint density at radius 3 is 2.44 bits per heavy atom. The van der Waals surface area contributed by atoms with E-state index in [9.17, 15) is 19.7 Å². The minimum atomic E-state index is -1.40. The molecule has 2 saturated heterocycles. The van der Waals surface area contributed by atoms with Gasteiger partial charge in [-0.05, 0) is 100 Å². The van der Waals surface area contributed by atoms with Gasteiger partial charge in [0, 0.05) is 54.2 Å². The van der Waals surface area contributed by atoms with E-state index < -0.39 is 33.1 Å². The molecular weight excluding hydrogens is 634 g/mol. The van der Waals surface area contributed by atoms with Gasteiger partial charge in [-0.1, -0.05) is 12.3 Å². The number of nitro groups is 1. The second-order valence-electron chi connectivity index (χ2n) is 13.3. The fraction of sp³-hybridized carbons (Fsp3) is 0.514. The van der Waals surface area contributed by atoms with E-state index in [0.29, 0.717) is 38.0 Å². The van der Waals surface area contributed by atoms with E-state index in [1.165, 1.54) is 43.5 Å². The number of carbonyl (C=O) groups excluding carboxylic acids is 2. The molecule has 13 heteroatoms. The minimum Gasteiger partial charge on any atom is -0.407 e. The molecule has 3 heterocycles. The van der Waals surface area contributed by atoms with Gasteiger partial charge in [-0.3, -0.25) is 14.9 Å². The highest BCUT2D eigenvalue weighted by molar-refractivity contribution is 8.32. The first-order valence-electron chi connectivity index (χ1n) is 16.3. The minimum absolute atomic E-state index is 0.0498. The molecule has 5 rings (SSSR count). The van der Waals surface area contributed by atoms with Crippen molar-refractivity contribution in [3.8, 4) is 17.6 Å². The number of hydrogen-bond donors (Lipinski definition) is 0. The van der Waals surface area contributed by atoms with Gasteiger partial charge >= 0.3 is 6.16 Å². The monoisotopic (exact) mass is 679 g/mol. The first kappa shape index (κ1) is 35.2. The average Bonchev–Trinajstić information content (AvgIpc) is 3.48. The van der Waals surface area contributed by atoms with Crippen LogP contribution in [0, 0.1) is 28.9 Å². The molecule has 0 radical (unpaired) electrons. The molecule has 0 saturated carbocycles. The highest BCUT2D eigenvalue weighted by atomic mass is 32.3. The number of aryl methyl sites for hydroxylation is 1. The molecule has 12 nitrogen and oxygen atoms in total. The van der Waals surface area contributed by atoms with Crippen molar-refractivity contribution < 1.29 is 28.7 Å². The van der Waals surface area contributed by atoms with Crippen molar-refractivity contribution in [1.29, 1.82) is 0 Å². The van der Waals surface area contributed by atoms with Crippen LogP contribution in [0.4, 0.5) is 10.5 Å². The van der Waals surface area contributed by atoms with Crippen LogP contribution < -0.4 is 4.74 Å². The zero-order valence-corrected chi connectivity index (χ0v) is 29.0. The zero-order chi connectivity index (χ0) is 34.3. The number of piperidine rings is 2. The maximum absolute atomic E-state index is 13.8. The van der Waals surface area contributed by atoms with Gasteiger partial charge in [0.25, 0.3) is 11.6 Å². The highest BCUT2D eigenvalue weighted by Crippen LogP contribution is 2.33. The Kier molecular flexibility index (Phi) is 11.6. The van der Waals surface area contributed by atoms with Gasteiger partial charge in [-0.15, -0.1) is 0 Å². The summed E-state index contributed by atoms with van der Waals surface area (Å²) in [6, 6.07) is 9.24. The van der Waals surface area contributed by atoms with Gasteiger partial charge in [0.15, 0.2) is 0 Å². The quantitative estimate of drug-likeness (QED) is 0.0697. The molecular formula is C35H45N5O7S. The van der Waals surface area contributed by atoms with Gasteiger partial charge in [-0.2, -0.15) is 5.10 Å². The van der Waals surface area contributed by atoms with E-state index in [4.69, 9.17) is 14.2 Å². The van der Waals surface area contributed by atoms with Crippen molar-refractivity contribution >= 4 is 38.7 Å². The van der Waals surface area contributed by atoms with Crippen LogP contribution in [0.25, 0.3) is 10.9 Å². The van der Waals surface area contributed by atoms with Crippen molar-refractivity contribution in [2.45, 2.75) is 57.9 Å². The lowest BCUT2D eigenvalue weighted by molar-refractivity contribution is -0.384. The lowest BCUT2D eigenvalue weighted by Crippen LogP contribution is -2.50. The molecule has 0 bridgehead atoms. The lowest BCUT2D eigenvalue weighted by Gasteiger charge is -2.40. The first-order chi connectivity index (χ1) is 22.9. The van der Waals surface area contributed by atoms with Gasteiger partial charge in [-0.25, -0.2) is 19.5 Å². The highest BCUT2D eigenvalue weighted by Gasteiger charge is 2.32. The molecule has 1 aromatic heterocycles. The molecule has 2 aliphatic heterocycles. The smallest absolute Gasteiger partial charge is 0.407 e. The SMILES string of the molecule is Cc1cc(C#CC(OC(=O)Oc2ccc([N+](=O)[O-])cc2)C(=O)N2CCC(N3CCCCC3)CC2)cc2cn(COCCS(C)(C)C)nc12. The Hall–Kier alpha value is -4.12. The molecule has 1 unspecified atom stereocenters. The maximum Gasteiger partial charge on any atom is 0.515 e. The zero-order valence-electron chi connectivity index (χ0n) is 28.2. The van der Waals surface area contributed by atoms with Crippen LogP contribution in [-0.4, -0.2) is 106 Å². The van der Waals surface area contributed by atoms with Crippen molar-refractivity contribution in [1.82, 2.24) is 19.6 Å². The molecule has 48 heavy (non-hydrogen) atoms. The van der Waals surface area contributed by atoms with Crippen molar-refractivity contribution in [2.75, 3.05) is 57.3 Å². The van der Waals surface area contributed by atoms with E-state index >= 15 is 0 Å². The molecule has 2 aliphatic rings. The van der Waals surface area contributed by atoms with E-state index in [2.05, 4.69) is 40.6 Å². The third-order valence-corrected chi connectivity index (χ3v) is 10.0. The fourth-order valence-corrected chi connectivity index (χ4v) is 6.63. The Balaban J connectivity index is 1.30.